The maximum Gasteiger partial charge on any atom is 0.303 e. The van der Waals surface area contributed by atoms with Crippen molar-refractivity contribution < 1.29 is 28.7 Å². The third-order valence-corrected chi connectivity index (χ3v) is 11.7. The molecule has 1 aliphatic rings. The molecule has 1 fully saturated rings. The topological polar surface area (TPSA) is 89.9 Å². The van der Waals surface area contributed by atoms with E-state index in [9.17, 15) is 14.4 Å². The number of carbonyl (C=O) groups is 3. The van der Waals surface area contributed by atoms with Crippen molar-refractivity contribution >= 4 is 26.0 Å². The van der Waals surface area contributed by atoms with E-state index in [1.54, 1.807) is 0 Å². The molecule has 1 saturated carbocycles. The lowest BCUT2D eigenvalue weighted by atomic mass is 9.90. The fourth-order valence-electron chi connectivity index (χ4n) is 4.17. The molecule has 0 radical (unpaired) electrons. The first-order valence-corrected chi connectivity index (χ1v) is 16.1. The van der Waals surface area contributed by atoms with Gasteiger partial charge in [0.2, 0.25) is 0 Å². The highest BCUT2D eigenvalue weighted by molar-refractivity contribution is 6.74. The average molecular weight is 509 g/mol. The fraction of sp³-hybridized carbons (Fsp3) is 0.750. The lowest BCUT2D eigenvalue weighted by Crippen LogP contribution is -2.45. The summed E-state index contributed by atoms with van der Waals surface area (Å²) in [7, 11) is -2.08. The number of carboxylic acid groups (broad SMARTS) is 1. The summed E-state index contributed by atoms with van der Waals surface area (Å²) in [5.74, 6) is -1.15. The van der Waals surface area contributed by atoms with Crippen molar-refractivity contribution in [3.63, 3.8) is 0 Å². The third kappa shape index (κ3) is 11.2. The summed E-state index contributed by atoms with van der Waals surface area (Å²) in [6, 6.07) is 0. The van der Waals surface area contributed by atoms with Gasteiger partial charge >= 0.3 is 11.9 Å². The second-order valence-electron chi connectivity index (χ2n) is 11.3. The van der Waals surface area contributed by atoms with Crippen molar-refractivity contribution in [3.05, 3.63) is 24.3 Å². The van der Waals surface area contributed by atoms with Crippen LogP contribution in [0.2, 0.25) is 18.1 Å². The molecule has 1 unspecified atom stereocenters. The Kier molecular flexibility index (Phi) is 13.2. The quantitative estimate of drug-likeness (QED) is 0.113. The van der Waals surface area contributed by atoms with Crippen molar-refractivity contribution in [2.24, 2.45) is 11.8 Å². The molecular weight excluding hydrogens is 460 g/mol. The first kappa shape index (κ1) is 31.3. The van der Waals surface area contributed by atoms with Crippen LogP contribution >= 0.6 is 0 Å². The molecule has 0 aliphatic heterocycles. The molecule has 0 amide bonds. The molecule has 35 heavy (non-hydrogen) atoms. The predicted octanol–water partition coefficient (Wildman–Crippen LogP) is 6.85. The maximum atomic E-state index is 13.1. The molecule has 6 nitrogen and oxygen atoms in total. The van der Waals surface area contributed by atoms with Gasteiger partial charge < -0.3 is 14.3 Å². The van der Waals surface area contributed by atoms with E-state index in [4.69, 9.17) is 14.3 Å². The van der Waals surface area contributed by atoms with Crippen LogP contribution in [0.4, 0.5) is 0 Å². The van der Waals surface area contributed by atoms with E-state index in [2.05, 4.69) is 46.9 Å². The Morgan fingerprint density at radius 2 is 1.86 bits per heavy atom. The Bertz CT molecular complexity index is 749. The highest BCUT2D eigenvalue weighted by Gasteiger charge is 2.46. The molecule has 1 N–H and O–H groups in total. The summed E-state index contributed by atoms with van der Waals surface area (Å²) in [6.45, 7) is 14.6. The van der Waals surface area contributed by atoms with Gasteiger partial charge in [0, 0.05) is 31.6 Å². The summed E-state index contributed by atoms with van der Waals surface area (Å²) in [4.78, 5) is 35.4. The van der Waals surface area contributed by atoms with Crippen molar-refractivity contribution in [1.29, 1.82) is 0 Å². The van der Waals surface area contributed by atoms with Gasteiger partial charge in [0.05, 0.1) is 6.10 Å². The Hall–Kier alpha value is -1.73. The molecule has 1 rings (SSSR count). The van der Waals surface area contributed by atoms with Gasteiger partial charge in [0.15, 0.2) is 8.32 Å². The van der Waals surface area contributed by atoms with Crippen LogP contribution in [0.1, 0.15) is 92.4 Å². The van der Waals surface area contributed by atoms with Crippen LogP contribution < -0.4 is 0 Å². The maximum absolute atomic E-state index is 13.1. The highest BCUT2D eigenvalue weighted by Crippen LogP contribution is 2.43. The molecular formula is C28H48O6Si. The number of allylic oxidation sites excluding steroid dienone is 2. The van der Waals surface area contributed by atoms with E-state index in [0.29, 0.717) is 25.7 Å². The van der Waals surface area contributed by atoms with Crippen molar-refractivity contribution in [2.45, 2.75) is 123 Å². The molecule has 0 aromatic heterocycles. The molecule has 0 aromatic rings. The van der Waals surface area contributed by atoms with Crippen LogP contribution in [-0.4, -0.2) is 43.4 Å². The number of carboxylic acids is 1. The largest absolute Gasteiger partial charge is 0.481 e. The number of Topliss-reactive ketones (excluding diaryl/α,β-unsaturated/α-hetero) is 1. The first-order chi connectivity index (χ1) is 16.3. The zero-order valence-corrected chi connectivity index (χ0v) is 24.0. The average Bonchev–Trinajstić information content (AvgIpc) is 3.00. The molecule has 7 heteroatoms. The zero-order valence-electron chi connectivity index (χ0n) is 23.0. The molecule has 200 valence electrons. The van der Waals surface area contributed by atoms with Gasteiger partial charge in [0.25, 0.3) is 0 Å². The molecule has 0 aromatic carbocycles. The summed E-state index contributed by atoms with van der Waals surface area (Å²) in [6.07, 6.45) is 13.9. The minimum Gasteiger partial charge on any atom is -0.481 e. The SMILES string of the molecule is CCCCCC(/C=C/[C@H]1[C@H](O[Si](C)(C)C(C)(C)C)CC(=O)[C@@H]1C/C=C\CCCC(=O)O)OC(C)=O. The number of ether oxygens (including phenoxy) is 1. The van der Waals surface area contributed by atoms with Crippen LogP contribution in [0.25, 0.3) is 0 Å². The smallest absolute Gasteiger partial charge is 0.303 e. The van der Waals surface area contributed by atoms with Gasteiger partial charge in [-0.3, -0.25) is 14.4 Å². The number of hydrogen-bond acceptors (Lipinski definition) is 5. The Balaban J connectivity index is 3.07. The summed E-state index contributed by atoms with van der Waals surface area (Å²) < 4.78 is 12.3. The Morgan fingerprint density at radius 1 is 1.17 bits per heavy atom. The van der Waals surface area contributed by atoms with Gasteiger partial charge in [0.1, 0.15) is 11.9 Å². The number of carbonyl (C=O) groups excluding carboxylic acids is 2. The normalized spacial score (nSPS) is 22.3. The van der Waals surface area contributed by atoms with E-state index >= 15 is 0 Å². The van der Waals surface area contributed by atoms with Gasteiger partial charge in [-0.1, -0.05) is 58.8 Å². The van der Waals surface area contributed by atoms with E-state index in [1.807, 2.05) is 18.2 Å². The van der Waals surface area contributed by atoms with E-state index < -0.39 is 14.3 Å². The van der Waals surface area contributed by atoms with Crippen molar-refractivity contribution in [1.82, 2.24) is 0 Å². The number of esters is 1. The highest BCUT2D eigenvalue weighted by atomic mass is 28.4. The molecule has 4 atom stereocenters. The molecule has 0 heterocycles. The van der Waals surface area contributed by atoms with Gasteiger partial charge in [-0.15, -0.1) is 0 Å². The number of rotatable bonds is 15. The lowest BCUT2D eigenvalue weighted by molar-refractivity contribution is -0.144. The predicted molar refractivity (Wildman–Crippen MR) is 143 cm³/mol. The molecule has 0 bridgehead atoms. The van der Waals surface area contributed by atoms with Gasteiger partial charge in [-0.05, 0) is 56.3 Å². The van der Waals surface area contributed by atoms with Crippen LogP contribution in [0, 0.1) is 11.8 Å². The van der Waals surface area contributed by atoms with Gasteiger partial charge in [-0.25, -0.2) is 0 Å². The van der Waals surface area contributed by atoms with Crippen molar-refractivity contribution in [3.8, 4) is 0 Å². The number of aliphatic carboxylic acids is 1. The second-order valence-corrected chi connectivity index (χ2v) is 16.0. The fourth-order valence-corrected chi connectivity index (χ4v) is 5.52. The minimum absolute atomic E-state index is 0.0346. The minimum atomic E-state index is -2.08. The summed E-state index contributed by atoms with van der Waals surface area (Å²) in [5, 5.41) is 8.83. The van der Waals surface area contributed by atoms with Crippen molar-refractivity contribution in [2.75, 3.05) is 0 Å². The summed E-state index contributed by atoms with van der Waals surface area (Å²) >= 11 is 0. The van der Waals surface area contributed by atoms with E-state index in [0.717, 1.165) is 25.7 Å². The van der Waals surface area contributed by atoms with Gasteiger partial charge in [-0.2, -0.15) is 0 Å². The van der Waals surface area contributed by atoms with Crippen LogP contribution in [-0.2, 0) is 23.5 Å². The van der Waals surface area contributed by atoms with Crippen LogP contribution in [0.3, 0.4) is 0 Å². The number of unbranched alkanes of at least 4 members (excludes halogenated alkanes) is 3. The summed E-state index contributed by atoms with van der Waals surface area (Å²) in [5.41, 5.74) is 0. The molecule has 0 spiro atoms. The molecule has 0 saturated heterocycles. The Labute approximate surface area is 213 Å². The van der Waals surface area contributed by atoms with E-state index in [1.165, 1.54) is 6.92 Å². The lowest BCUT2D eigenvalue weighted by Gasteiger charge is -2.39. The first-order valence-electron chi connectivity index (χ1n) is 13.2. The zero-order chi connectivity index (χ0) is 26.6. The second kappa shape index (κ2) is 14.7. The van der Waals surface area contributed by atoms with E-state index in [-0.39, 0.29) is 47.3 Å². The van der Waals surface area contributed by atoms with Crippen LogP contribution in [0.15, 0.2) is 24.3 Å². The third-order valence-electron chi connectivity index (χ3n) is 7.24. The standard InChI is InChI=1S/C28H48O6Si/c1-8-9-12-15-22(33-21(2)29)18-19-24-23(16-13-10-11-14-17-27(31)32)25(30)20-26(24)34-35(6,7)28(3,4)5/h10,13,18-19,22-24,26H,8-9,11-12,14-17,20H2,1-7H3,(H,31,32)/b13-10-,19-18+/t22?,23-,24-,26-/m1/s1. The van der Waals surface area contributed by atoms with Crippen LogP contribution in [0.5, 0.6) is 0 Å². The number of hydrogen-bond donors (Lipinski definition) is 1. The monoisotopic (exact) mass is 508 g/mol. The Morgan fingerprint density at radius 3 is 2.43 bits per heavy atom. The number of ketones is 1. The molecule has 1 aliphatic carbocycles.